The van der Waals surface area contributed by atoms with Gasteiger partial charge in [0.25, 0.3) is 0 Å². The van der Waals surface area contributed by atoms with Crippen molar-refractivity contribution in [2.45, 2.75) is 33.1 Å². The Hall–Kier alpha value is -1.51. The third-order valence-electron chi connectivity index (χ3n) is 2.34. The number of hydrogen-bond donors (Lipinski definition) is 0. The van der Waals surface area contributed by atoms with Crippen LogP contribution in [0.25, 0.3) is 0 Å². The third kappa shape index (κ3) is 5.38. The molecule has 0 bridgehead atoms. The summed E-state index contributed by atoms with van der Waals surface area (Å²) in [6, 6.07) is 8.00. The molecule has 0 atom stereocenters. The van der Waals surface area contributed by atoms with Crippen LogP contribution in [-0.4, -0.2) is 19.2 Å². The van der Waals surface area contributed by atoms with E-state index in [9.17, 15) is 4.79 Å². The summed E-state index contributed by atoms with van der Waals surface area (Å²) in [7, 11) is 0. The summed E-state index contributed by atoms with van der Waals surface area (Å²) in [4.78, 5) is 11.1. The molecule has 3 nitrogen and oxygen atoms in total. The van der Waals surface area contributed by atoms with E-state index >= 15 is 0 Å². The molecule has 94 valence electrons. The van der Waals surface area contributed by atoms with E-state index < -0.39 is 0 Å². The Morgan fingerprint density at radius 2 is 1.88 bits per heavy atom. The maximum atomic E-state index is 11.1. The third-order valence-corrected chi connectivity index (χ3v) is 2.34. The quantitative estimate of drug-likeness (QED) is 0.683. The number of esters is 1. The molecule has 17 heavy (non-hydrogen) atoms. The van der Waals surface area contributed by atoms with Gasteiger partial charge in [-0.1, -0.05) is 25.5 Å². The van der Waals surface area contributed by atoms with Crippen LogP contribution in [0.15, 0.2) is 24.3 Å². The molecule has 0 amide bonds. The van der Waals surface area contributed by atoms with Crippen LogP contribution in [0.5, 0.6) is 5.75 Å². The topological polar surface area (TPSA) is 35.5 Å². The normalized spacial score (nSPS) is 10.0. The van der Waals surface area contributed by atoms with E-state index in [1.165, 1.54) is 5.56 Å². The predicted molar refractivity (Wildman–Crippen MR) is 67.2 cm³/mol. The van der Waals surface area contributed by atoms with Crippen LogP contribution < -0.4 is 4.74 Å². The molecule has 0 aliphatic carbocycles. The first kappa shape index (κ1) is 13.6. The molecule has 0 saturated carbocycles. The highest BCUT2D eigenvalue weighted by Crippen LogP contribution is 2.13. The Labute approximate surface area is 103 Å². The Morgan fingerprint density at radius 1 is 1.18 bits per heavy atom. The lowest BCUT2D eigenvalue weighted by molar-refractivity contribution is -0.143. The minimum Gasteiger partial charge on any atom is -0.493 e. The van der Waals surface area contributed by atoms with Crippen LogP contribution in [0.2, 0.25) is 0 Å². The largest absolute Gasteiger partial charge is 0.493 e. The molecule has 0 aromatic heterocycles. The van der Waals surface area contributed by atoms with Crippen LogP contribution in [0.4, 0.5) is 0 Å². The van der Waals surface area contributed by atoms with Gasteiger partial charge in [0, 0.05) is 0 Å². The van der Waals surface area contributed by atoms with E-state index in [2.05, 4.69) is 19.1 Å². The summed E-state index contributed by atoms with van der Waals surface area (Å²) in [5.74, 6) is 0.587. The van der Waals surface area contributed by atoms with Crippen molar-refractivity contribution < 1.29 is 14.3 Å². The lowest BCUT2D eigenvalue weighted by atomic mass is 10.1. The van der Waals surface area contributed by atoms with Crippen LogP contribution in [0.1, 0.15) is 32.3 Å². The van der Waals surface area contributed by atoms with Crippen molar-refractivity contribution in [1.82, 2.24) is 0 Å². The minimum absolute atomic E-state index is 0.213. The van der Waals surface area contributed by atoms with E-state index in [1.807, 2.05) is 12.1 Å². The lowest BCUT2D eigenvalue weighted by Crippen LogP contribution is -2.09. The predicted octanol–water partition coefficient (Wildman–Crippen LogP) is 2.97. The summed E-state index contributed by atoms with van der Waals surface area (Å²) in [6.07, 6.45) is 2.52. The zero-order chi connectivity index (χ0) is 12.5. The Morgan fingerprint density at radius 3 is 2.47 bits per heavy atom. The number of carbonyl (C=O) groups excluding carboxylic acids is 1. The first-order chi connectivity index (χ1) is 8.26. The van der Waals surface area contributed by atoms with Gasteiger partial charge in [-0.15, -0.1) is 0 Å². The molecular weight excluding hydrogens is 216 g/mol. The van der Waals surface area contributed by atoms with Gasteiger partial charge in [-0.2, -0.15) is 0 Å². The second kappa shape index (κ2) is 7.71. The van der Waals surface area contributed by atoms with Crippen LogP contribution >= 0.6 is 0 Å². The zero-order valence-corrected chi connectivity index (χ0v) is 10.6. The van der Waals surface area contributed by atoms with Crippen molar-refractivity contribution in [1.29, 1.82) is 0 Å². The van der Waals surface area contributed by atoms with Gasteiger partial charge in [-0.3, -0.25) is 4.79 Å². The fourth-order valence-corrected chi connectivity index (χ4v) is 1.53. The van der Waals surface area contributed by atoms with E-state index in [4.69, 9.17) is 9.47 Å². The second-order valence-corrected chi connectivity index (χ2v) is 3.80. The monoisotopic (exact) mass is 236 g/mol. The SMILES string of the molecule is CCCc1ccc(OCCC(=O)OCC)cc1. The van der Waals surface area contributed by atoms with Gasteiger partial charge in [0.05, 0.1) is 19.6 Å². The molecular formula is C14H20O3. The van der Waals surface area contributed by atoms with Gasteiger partial charge in [0.1, 0.15) is 5.75 Å². The fraction of sp³-hybridized carbons (Fsp3) is 0.500. The number of aryl methyl sites for hydroxylation is 1. The number of carbonyl (C=O) groups is 1. The van der Waals surface area contributed by atoms with Gasteiger partial charge in [-0.05, 0) is 31.0 Å². The Balaban J connectivity index is 2.29. The highest BCUT2D eigenvalue weighted by atomic mass is 16.5. The van der Waals surface area contributed by atoms with Gasteiger partial charge in [0.2, 0.25) is 0 Å². The standard InChI is InChI=1S/C14H20O3/c1-3-5-12-6-8-13(9-7-12)17-11-10-14(15)16-4-2/h6-9H,3-5,10-11H2,1-2H3. The fourth-order valence-electron chi connectivity index (χ4n) is 1.53. The zero-order valence-electron chi connectivity index (χ0n) is 10.6. The van der Waals surface area contributed by atoms with E-state index in [-0.39, 0.29) is 5.97 Å². The molecule has 0 radical (unpaired) electrons. The van der Waals surface area contributed by atoms with Gasteiger partial charge in [-0.25, -0.2) is 0 Å². The molecule has 0 unspecified atom stereocenters. The molecule has 0 saturated heterocycles. The summed E-state index contributed by atoms with van der Waals surface area (Å²) < 4.78 is 10.3. The summed E-state index contributed by atoms with van der Waals surface area (Å²) in [5.41, 5.74) is 1.31. The maximum Gasteiger partial charge on any atom is 0.309 e. The van der Waals surface area contributed by atoms with Gasteiger partial charge in [0.15, 0.2) is 0 Å². The van der Waals surface area contributed by atoms with Crippen molar-refractivity contribution in [3.8, 4) is 5.75 Å². The van der Waals surface area contributed by atoms with E-state index in [1.54, 1.807) is 6.92 Å². The lowest BCUT2D eigenvalue weighted by Gasteiger charge is -2.06. The van der Waals surface area contributed by atoms with Crippen molar-refractivity contribution in [2.75, 3.05) is 13.2 Å². The first-order valence-electron chi connectivity index (χ1n) is 6.13. The summed E-state index contributed by atoms with van der Waals surface area (Å²) in [6.45, 7) is 4.74. The summed E-state index contributed by atoms with van der Waals surface area (Å²) >= 11 is 0. The Bertz CT molecular complexity index is 330. The molecule has 1 aromatic rings. The molecule has 0 heterocycles. The Kier molecular flexibility index (Phi) is 6.15. The van der Waals surface area contributed by atoms with E-state index in [0.717, 1.165) is 18.6 Å². The van der Waals surface area contributed by atoms with Crippen LogP contribution in [0.3, 0.4) is 0 Å². The molecule has 1 rings (SSSR count). The highest BCUT2D eigenvalue weighted by Gasteiger charge is 2.02. The average molecular weight is 236 g/mol. The smallest absolute Gasteiger partial charge is 0.309 e. The van der Waals surface area contributed by atoms with E-state index in [0.29, 0.717) is 19.6 Å². The minimum atomic E-state index is -0.213. The average Bonchev–Trinajstić information content (AvgIpc) is 2.32. The second-order valence-electron chi connectivity index (χ2n) is 3.80. The van der Waals surface area contributed by atoms with Crippen molar-refractivity contribution >= 4 is 5.97 Å². The molecule has 0 aliphatic rings. The first-order valence-corrected chi connectivity index (χ1v) is 6.13. The molecule has 0 fully saturated rings. The maximum absolute atomic E-state index is 11.1. The van der Waals surface area contributed by atoms with Crippen molar-refractivity contribution in [2.24, 2.45) is 0 Å². The summed E-state index contributed by atoms with van der Waals surface area (Å²) in [5, 5.41) is 0. The molecule has 3 heteroatoms. The number of rotatable bonds is 7. The molecule has 1 aromatic carbocycles. The number of benzene rings is 1. The molecule has 0 spiro atoms. The molecule has 0 N–H and O–H groups in total. The molecule has 0 aliphatic heterocycles. The van der Waals surface area contributed by atoms with Crippen molar-refractivity contribution in [3.63, 3.8) is 0 Å². The van der Waals surface area contributed by atoms with Gasteiger partial charge >= 0.3 is 5.97 Å². The highest BCUT2D eigenvalue weighted by molar-refractivity contribution is 5.69. The van der Waals surface area contributed by atoms with Crippen molar-refractivity contribution in [3.05, 3.63) is 29.8 Å². The number of ether oxygens (including phenoxy) is 2. The van der Waals surface area contributed by atoms with Gasteiger partial charge < -0.3 is 9.47 Å². The van der Waals surface area contributed by atoms with Crippen LogP contribution in [0, 0.1) is 0 Å². The number of hydrogen-bond acceptors (Lipinski definition) is 3. The van der Waals surface area contributed by atoms with Crippen LogP contribution in [-0.2, 0) is 16.0 Å².